The second kappa shape index (κ2) is 6.18. The number of nitrogen functional groups attached to an aromatic ring is 1. The van der Waals surface area contributed by atoms with E-state index in [-0.39, 0.29) is 0 Å². The zero-order valence-corrected chi connectivity index (χ0v) is 12.1. The van der Waals surface area contributed by atoms with Crippen molar-refractivity contribution < 1.29 is 0 Å². The van der Waals surface area contributed by atoms with E-state index in [2.05, 4.69) is 39.0 Å². The number of hydrogen-bond donors (Lipinski definition) is 2. The van der Waals surface area contributed by atoms with Gasteiger partial charge in [-0.3, -0.25) is 0 Å². The Hall–Kier alpha value is -2.37. The van der Waals surface area contributed by atoms with E-state index in [0.717, 1.165) is 30.3 Å². The summed E-state index contributed by atoms with van der Waals surface area (Å²) in [6, 6.07) is 3.88. The lowest BCUT2D eigenvalue weighted by Gasteiger charge is -2.22. The van der Waals surface area contributed by atoms with Gasteiger partial charge in [0.25, 0.3) is 0 Å². The Bertz CT molecular complexity index is 580. The number of hydrogen-bond acceptors (Lipinski definition) is 6. The molecule has 0 aliphatic heterocycles. The Morgan fingerprint density at radius 2 is 1.95 bits per heavy atom. The van der Waals surface area contributed by atoms with Crippen molar-refractivity contribution in [2.24, 2.45) is 0 Å². The molecule has 0 bridgehead atoms. The predicted octanol–water partition coefficient (Wildman–Crippen LogP) is 2.35. The van der Waals surface area contributed by atoms with Gasteiger partial charge in [-0.2, -0.15) is 0 Å². The van der Waals surface area contributed by atoms with Gasteiger partial charge in [-0.05, 0) is 38.5 Å². The molecule has 0 radical (unpaired) electrons. The summed E-state index contributed by atoms with van der Waals surface area (Å²) in [7, 11) is 0. The minimum Gasteiger partial charge on any atom is -0.393 e. The van der Waals surface area contributed by atoms with Crippen LogP contribution in [0.3, 0.4) is 0 Å². The minimum atomic E-state index is 0.541. The van der Waals surface area contributed by atoms with Crippen molar-refractivity contribution in [3.05, 3.63) is 30.2 Å². The van der Waals surface area contributed by atoms with Crippen LogP contribution in [0.5, 0.6) is 0 Å². The van der Waals surface area contributed by atoms with Gasteiger partial charge in [0.15, 0.2) is 11.6 Å². The Labute approximate surface area is 119 Å². The Morgan fingerprint density at radius 3 is 2.60 bits per heavy atom. The first-order valence-corrected chi connectivity index (χ1v) is 6.70. The number of nitrogens with one attached hydrogen (secondary N) is 1. The molecule has 2 aromatic heterocycles. The summed E-state index contributed by atoms with van der Waals surface area (Å²) < 4.78 is 0. The first-order chi connectivity index (χ1) is 9.65. The topological polar surface area (TPSA) is 80.0 Å². The van der Waals surface area contributed by atoms with E-state index in [1.54, 1.807) is 6.20 Å². The molecule has 0 amide bonds. The molecule has 0 spiro atoms. The Kier molecular flexibility index (Phi) is 4.34. The minimum absolute atomic E-state index is 0.541. The number of pyridine rings is 1. The van der Waals surface area contributed by atoms with E-state index in [1.165, 1.54) is 6.33 Å². The third kappa shape index (κ3) is 2.96. The summed E-state index contributed by atoms with van der Waals surface area (Å²) in [5.74, 6) is 2.06. The van der Waals surface area contributed by atoms with Crippen LogP contribution in [0.2, 0.25) is 0 Å². The smallest absolute Gasteiger partial charge is 0.160 e. The number of rotatable bonds is 5. The summed E-state index contributed by atoms with van der Waals surface area (Å²) in [6.07, 6.45) is 3.27. The highest BCUT2D eigenvalue weighted by Crippen LogP contribution is 2.27. The lowest BCUT2D eigenvalue weighted by molar-refractivity contribution is 0.844. The van der Waals surface area contributed by atoms with Crippen LogP contribution < -0.4 is 16.0 Å². The van der Waals surface area contributed by atoms with E-state index in [1.807, 2.05) is 19.1 Å². The van der Waals surface area contributed by atoms with Crippen LogP contribution in [0.1, 0.15) is 19.4 Å². The van der Waals surface area contributed by atoms with Crippen LogP contribution in [-0.2, 0) is 0 Å². The van der Waals surface area contributed by atoms with Gasteiger partial charge in [0.1, 0.15) is 17.8 Å². The third-order valence-electron chi connectivity index (χ3n) is 3.09. The molecule has 2 aromatic rings. The molecule has 3 N–H and O–H groups in total. The van der Waals surface area contributed by atoms with Crippen molar-refractivity contribution in [3.63, 3.8) is 0 Å². The van der Waals surface area contributed by atoms with Crippen LogP contribution in [0.4, 0.5) is 23.1 Å². The predicted molar refractivity (Wildman–Crippen MR) is 82.3 cm³/mol. The maximum absolute atomic E-state index is 6.16. The summed E-state index contributed by atoms with van der Waals surface area (Å²) >= 11 is 0. The molecule has 6 heteroatoms. The molecule has 0 atom stereocenters. The molecule has 2 heterocycles. The van der Waals surface area contributed by atoms with Crippen LogP contribution in [0.15, 0.2) is 24.7 Å². The van der Waals surface area contributed by atoms with Gasteiger partial charge in [-0.25, -0.2) is 15.0 Å². The van der Waals surface area contributed by atoms with Gasteiger partial charge in [0.05, 0.1) is 0 Å². The lowest BCUT2D eigenvalue weighted by Crippen LogP contribution is -2.24. The van der Waals surface area contributed by atoms with Crippen LogP contribution in [0, 0.1) is 6.92 Å². The number of nitrogens with two attached hydrogens (primary N) is 1. The summed E-state index contributed by atoms with van der Waals surface area (Å²) in [4.78, 5) is 14.8. The molecule has 0 fully saturated rings. The van der Waals surface area contributed by atoms with Crippen LogP contribution >= 0.6 is 0 Å². The average molecular weight is 272 g/mol. The molecule has 0 saturated carbocycles. The standard InChI is InChI=1S/C14H20N6/c1-4-20(5-2)14-12(15)13(17-9-18-14)19-11-8-10(3)6-7-16-11/h6-9H,4-5,15H2,1-3H3,(H,16,17,18,19). The highest BCUT2D eigenvalue weighted by Gasteiger charge is 2.13. The van der Waals surface area contributed by atoms with Crippen molar-refractivity contribution >= 4 is 23.1 Å². The SMILES string of the molecule is CCN(CC)c1ncnc(Nc2cc(C)ccn2)c1N. The Balaban J connectivity index is 2.31. The normalized spacial score (nSPS) is 10.3. The second-order valence-electron chi connectivity index (χ2n) is 4.48. The van der Waals surface area contributed by atoms with Gasteiger partial charge in [0, 0.05) is 19.3 Å². The van der Waals surface area contributed by atoms with Crippen molar-refractivity contribution in [1.82, 2.24) is 15.0 Å². The molecular weight excluding hydrogens is 252 g/mol. The number of anilines is 4. The van der Waals surface area contributed by atoms with Gasteiger partial charge in [-0.15, -0.1) is 0 Å². The highest BCUT2D eigenvalue weighted by atomic mass is 15.2. The van der Waals surface area contributed by atoms with Crippen molar-refractivity contribution in [1.29, 1.82) is 0 Å². The first-order valence-electron chi connectivity index (χ1n) is 6.70. The number of aryl methyl sites for hydroxylation is 1. The van der Waals surface area contributed by atoms with Crippen LogP contribution in [-0.4, -0.2) is 28.0 Å². The second-order valence-corrected chi connectivity index (χ2v) is 4.48. The summed E-state index contributed by atoms with van der Waals surface area (Å²) in [6.45, 7) is 7.84. The molecule has 6 nitrogen and oxygen atoms in total. The Morgan fingerprint density at radius 1 is 1.20 bits per heavy atom. The molecule has 0 aliphatic rings. The van der Waals surface area contributed by atoms with E-state index in [0.29, 0.717) is 11.5 Å². The maximum Gasteiger partial charge on any atom is 0.160 e. The van der Waals surface area contributed by atoms with Gasteiger partial charge < -0.3 is 16.0 Å². The van der Waals surface area contributed by atoms with Crippen molar-refractivity contribution in [2.75, 3.05) is 29.0 Å². The molecule has 0 unspecified atom stereocenters. The van der Waals surface area contributed by atoms with E-state index < -0.39 is 0 Å². The zero-order valence-electron chi connectivity index (χ0n) is 12.1. The quantitative estimate of drug-likeness (QED) is 0.869. The van der Waals surface area contributed by atoms with E-state index in [4.69, 9.17) is 5.73 Å². The van der Waals surface area contributed by atoms with Gasteiger partial charge >= 0.3 is 0 Å². The summed E-state index contributed by atoms with van der Waals surface area (Å²) in [5, 5.41) is 3.14. The van der Waals surface area contributed by atoms with Crippen LogP contribution in [0.25, 0.3) is 0 Å². The fourth-order valence-corrected chi connectivity index (χ4v) is 1.99. The maximum atomic E-state index is 6.16. The summed E-state index contributed by atoms with van der Waals surface area (Å²) in [5.41, 5.74) is 7.83. The average Bonchev–Trinajstić information content (AvgIpc) is 2.44. The van der Waals surface area contributed by atoms with E-state index in [9.17, 15) is 0 Å². The molecule has 0 aliphatic carbocycles. The molecule has 0 saturated heterocycles. The highest BCUT2D eigenvalue weighted by molar-refractivity contribution is 5.77. The van der Waals surface area contributed by atoms with Gasteiger partial charge in [-0.1, -0.05) is 0 Å². The zero-order chi connectivity index (χ0) is 14.5. The third-order valence-corrected chi connectivity index (χ3v) is 3.09. The van der Waals surface area contributed by atoms with Crippen molar-refractivity contribution in [2.45, 2.75) is 20.8 Å². The molecule has 20 heavy (non-hydrogen) atoms. The molecule has 106 valence electrons. The lowest BCUT2D eigenvalue weighted by atomic mass is 10.3. The fraction of sp³-hybridized carbons (Fsp3) is 0.357. The monoisotopic (exact) mass is 272 g/mol. The molecule has 2 rings (SSSR count). The fourth-order valence-electron chi connectivity index (χ4n) is 1.99. The van der Waals surface area contributed by atoms with Crippen molar-refractivity contribution in [3.8, 4) is 0 Å². The molecule has 0 aromatic carbocycles. The largest absolute Gasteiger partial charge is 0.393 e. The number of aromatic nitrogens is 3. The molecular formula is C14H20N6. The van der Waals surface area contributed by atoms with E-state index >= 15 is 0 Å². The number of nitrogens with zero attached hydrogens (tertiary/aromatic N) is 4. The first kappa shape index (κ1) is 14.0. The van der Waals surface area contributed by atoms with Gasteiger partial charge in [0.2, 0.25) is 0 Å².